The molecule has 0 unspecified atom stereocenters. The van der Waals surface area contributed by atoms with Gasteiger partial charge in [0.2, 0.25) is 0 Å². The summed E-state index contributed by atoms with van der Waals surface area (Å²) in [7, 11) is 1.47. The molecule has 1 aliphatic rings. The number of phenols is 1. The number of carbonyl (C=O) groups excluding carboxylic acids is 2. The Morgan fingerprint density at radius 1 is 1.26 bits per heavy atom. The molecular weight excluding hydrogens is 454 g/mol. The van der Waals surface area contributed by atoms with Crippen LogP contribution in [0.3, 0.4) is 0 Å². The van der Waals surface area contributed by atoms with Crippen LogP contribution in [0.5, 0.6) is 17.2 Å². The highest BCUT2D eigenvalue weighted by Gasteiger charge is 2.34. The van der Waals surface area contributed by atoms with Gasteiger partial charge in [-0.2, -0.15) is 5.10 Å². The van der Waals surface area contributed by atoms with Crippen LogP contribution in [0.1, 0.15) is 57.7 Å². The van der Waals surface area contributed by atoms with E-state index in [1.165, 1.54) is 19.4 Å². The maximum atomic E-state index is 12.4. The number of aromatic hydroxyl groups is 1. The number of ether oxygens (including phenoxy) is 3. The number of rotatable bonds is 10. The van der Waals surface area contributed by atoms with Gasteiger partial charge in [0.05, 0.1) is 12.7 Å². The summed E-state index contributed by atoms with van der Waals surface area (Å²) in [5, 5.41) is 22.8. The van der Waals surface area contributed by atoms with Crippen LogP contribution in [-0.2, 0) is 9.53 Å². The van der Waals surface area contributed by atoms with E-state index in [0.717, 1.165) is 5.69 Å². The van der Waals surface area contributed by atoms with Crippen molar-refractivity contribution in [3.05, 3.63) is 29.5 Å². The normalized spacial score (nSPS) is 17.3. The van der Waals surface area contributed by atoms with Crippen molar-refractivity contribution >= 4 is 24.0 Å². The molecule has 0 bridgehead atoms. The second-order valence-corrected chi connectivity index (χ2v) is 8.97. The van der Waals surface area contributed by atoms with Gasteiger partial charge in [0.25, 0.3) is 5.91 Å². The number of H-pyrrole nitrogens is 1. The van der Waals surface area contributed by atoms with Gasteiger partial charge >= 0.3 is 6.09 Å². The summed E-state index contributed by atoms with van der Waals surface area (Å²) in [6.07, 6.45) is 2.33. The zero-order chi connectivity index (χ0) is 25.5. The third-order valence-electron chi connectivity index (χ3n) is 5.27. The van der Waals surface area contributed by atoms with Gasteiger partial charge in [0.1, 0.15) is 23.4 Å². The Morgan fingerprint density at radius 2 is 2.00 bits per heavy atom. The number of aromatic nitrogens is 2. The van der Waals surface area contributed by atoms with Crippen molar-refractivity contribution in [1.82, 2.24) is 15.5 Å². The number of hydrogen-bond acceptors (Lipinski definition) is 8. The van der Waals surface area contributed by atoms with Gasteiger partial charge in [-0.3, -0.25) is 14.9 Å². The van der Waals surface area contributed by atoms with Crippen LogP contribution < -0.4 is 20.1 Å². The Kier molecular flexibility index (Phi) is 8.56. The molecule has 3 rings (SSSR count). The molecule has 1 aliphatic carbocycles. The summed E-state index contributed by atoms with van der Waals surface area (Å²) in [6.45, 7) is 7.25. The highest BCUT2D eigenvalue weighted by molar-refractivity contribution is 5.92. The molecule has 11 heteroatoms. The first-order valence-corrected chi connectivity index (χ1v) is 11.5. The lowest BCUT2D eigenvalue weighted by Crippen LogP contribution is -2.38. The Labute approximate surface area is 204 Å². The minimum atomic E-state index is -0.419. The summed E-state index contributed by atoms with van der Waals surface area (Å²) >= 11 is 0. The van der Waals surface area contributed by atoms with Crippen molar-refractivity contribution in [2.45, 2.75) is 64.6 Å². The second-order valence-electron chi connectivity index (χ2n) is 8.97. The van der Waals surface area contributed by atoms with Crippen molar-refractivity contribution in [3.63, 3.8) is 0 Å². The first kappa shape index (κ1) is 25.9. The summed E-state index contributed by atoms with van der Waals surface area (Å²) in [4.78, 5) is 28.4. The predicted octanol–water partition coefficient (Wildman–Crippen LogP) is 3.35. The van der Waals surface area contributed by atoms with Crippen molar-refractivity contribution in [1.29, 1.82) is 0 Å². The molecule has 2 aromatic rings. The molecule has 0 saturated heterocycles. The van der Waals surface area contributed by atoms with E-state index in [0.29, 0.717) is 30.0 Å². The molecule has 1 aromatic carbocycles. The molecule has 1 aromatic heterocycles. The molecule has 2 amide bonds. The lowest BCUT2D eigenvalue weighted by atomic mass is 9.80. The number of hydrogen-bond donors (Lipinski definition) is 4. The Hall–Kier alpha value is -3.76. The van der Waals surface area contributed by atoms with Crippen molar-refractivity contribution in [2.24, 2.45) is 4.99 Å². The van der Waals surface area contributed by atoms with E-state index in [1.807, 2.05) is 27.7 Å². The molecule has 4 N–H and O–H groups in total. The van der Waals surface area contributed by atoms with Crippen molar-refractivity contribution < 1.29 is 28.9 Å². The van der Waals surface area contributed by atoms with E-state index >= 15 is 0 Å². The minimum absolute atomic E-state index is 0.0236. The number of nitrogens with zero attached hydrogens (tertiary/aromatic N) is 2. The molecule has 1 fully saturated rings. The molecule has 0 atom stereocenters. The van der Waals surface area contributed by atoms with Gasteiger partial charge in [-0.25, -0.2) is 4.79 Å². The summed E-state index contributed by atoms with van der Waals surface area (Å²) in [5.41, 5.74) is 1.22. The van der Waals surface area contributed by atoms with Crippen LogP contribution in [0, 0.1) is 0 Å². The summed E-state index contributed by atoms with van der Waals surface area (Å²) < 4.78 is 16.2. The molecule has 1 saturated carbocycles. The first-order valence-electron chi connectivity index (χ1n) is 11.5. The number of aromatic amines is 1. The number of nitrogens with one attached hydrogen (secondary N) is 3. The molecule has 0 spiro atoms. The van der Waals surface area contributed by atoms with Crippen LogP contribution in [0.4, 0.5) is 10.6 Å². The Bertz CT molecular complexity index is 1060. The number of methoxy groups -OCH3 is 1. The van der Waals surface area contributed by atoms with Crippen LogP contribution in [-0.4, -0.2) is 65.4 Å². The summed E-state index contributed by atoms with van der Waals surface area (Å²) in [6, 6.07) is 4.84. The Balaban J connectivity index is 1.53. The van der Waals surface area contributed by atoms with E-state index in [-0.39, 0.29) is 42.2 Å². The molecule has 0 radical (unpaired) electrons. The van der Waals surface area contributed by atoms with E-state index in [2.05, 4.69) is 25.8 Å². The highest BCUT2D eigenvalue weighted by Crippen LogP contribution is 2.38. The van der Waals surface area contributed by atoms with Crippen LogP contribution >= 0.6 is 0 Å². The molecule has 11 nitrogen and oxygen atoms in total. The number of aliphatic imine (C=N–C) groups is 1. The molecular formula is C24H33N5O6. The average Bonchev–Trinajstić information content (AvgIpc) is 3.20. The third kappa shape index (κ3) is 7.36. The SMILES string of the molecule is COc1cc(O)c(C=NC(C)C)c(OCC(=O)Nc2cc(C3CC(OC(=O)NC(C)C)C3)[nH]n2)c1. The van der Waals surface area contributed by atoms with Crippen molar-refractivity contribution in [3.8, 4) is 17.2 Å². The molecule has 0 aliphatic heterocycles. The topological polar surface area (TPSA) is 147 Å². The van der Waals surface area contributed by atoms with Crippen LogP contribution in [0.15, 0.2) is 23.2 Å². The Morgan fingerprint density at radius 3 is 2.66 bits per heavy atom. The third-order valence-corrected chi connectivity index (χ3v) is 5.27. The van der Waals surface area contributed by atoms with E-state index < -0.39 is 12.0 Å². The van der Waals surface area contributed by atoms with E-state index in [9.17, 15) is 14.7 Å². The minimum Gasteiger partial charge on any atom is -0.507 e. The lowest BCUT2D eigenvalue weighted by Gasteiger charge is -2.33. The summed E-state index contributed by atoms with van der Waals surface area (Å²) in [5.74, 6) is 0.712. The number of phenolic OH excluding ortho intramolecular Hbond substituents is 1. The van der Waals surface area contributed by atoms with Gasteiger partial charge < -0.3 is 30.0 Å². The fourth-order valence-electron chi connectivity index (χ4n) is 3.45. The zero-order valence-electron chi connectivity index (χ0n) is 20.6. The van der Waals surface area contributed by atoms with Crippen molar-refractivity contribution in [2.75, 3.05) is 19.0 Å². The first-order chi connectivity index (χ1) is 16.6. The fraction of sp³-hybridized carbons (Fsp3) is 0.500. The van der Waals surface area contributed by atoms with Crippen LogP contribution in [0.25, 0.3) is 0 Å². The standard InChI is InChI=1S/C24H33N5O6/c1-13(2)25-11-18-20(30)8-16(33-5)9-21(18)34-12-23(31)27-22-10-19(28-29-22)15-6-17(7-15)35-24(32)26-14(3)4/h8-11,13-15,17,30H,6-7,12H2,1-5H3,(H,26,32)(H2,27,28,29,31). The van der Waals surface area contributed by atoms with Gasteiger partial charge in [0.15, 0.2) is 12.4 Å². The maximum Gasteiger partial charge on any atom is 0.407 e. The van der Waals surface area contributed by atoms with Gasteiger partial charge in [-0.1, -0.05) is 0 Å². The number of anilines is 1. The predicted molar refractivity (Wildman–Crippen MR) is 131 cm³/mol. The number of amides is 2. The smallest absolute Gasteiger partial charge is 0.407 e. The molecule has 190 valence electrons. The van der Waals surface area contributed by atoms with Gasteiger partial charge in [-0.05, 0) is 40.5 Å². The van der Waals surface area contributed by atoms with E-state index in [4.69, 9.17) is 14.2 Å². The van der Waals surface area contributed by atoms with Gasteiger partial charge in [-0.15, -0.1) is 0 Å². The number of alkyl carbamates (subject to hydrolysis) is 1. The maximum absolute atomic E-state index is 12.4. The van der Waals surface area contributed by atoms with Gasteiger partial charge in [0, 0.05) is 48.1 Å². The average molecular weight is 488 g/mol. The quantitative estimate of drug-likeness (QED) is 0.376. The lowest BCUT2D eigenvalue weighted by molar-refractivity contribution is -0.118. The molecule has 1 heterocycles. The molecule has 35 heavy (non-hydrogen) atoms. The second kappa shape index (κ2) is 11.6. The number of benzene rings is 1. The highest BCUT2D eigenvalue weighted by atomic mass is 16.6. The fourth-order valence-corrected chi connectivity index (χ4v) is 3.45. The zero-order valence-corrected chi connectivity index (χ0v) is 20.6. The van der Waals surface area contributed by atoms with Crippen LogP contribution in [0.2, 0.25) is 0 Å². The largest absolute Gasteiger partial charge is 0.507 e. The van der Waals surface area contributed by atoms with E-state index in [1.54, 1.807) is 12.1 Å². The monoisotopic (exact) mass is 487 g/mol. The number of carbonyl (C=O) groups is 2.